The van der Waals surface area contributed by atoms with Gasteiger partial charge in [0, 0.05) is 7.05 Å². The van der Waals surface area contributed by atoms with Crippen molar-refractivity contribution in [3.63, 3.8) is 0 Å². The Hall–Kier alpha value is -1.03. The van der Waals surface area contributed by atoms with Gasteiger partial charge < -0.3 is 4.42 Å². The summed E-state index contributed by atoms with van der Waals surface area (Å²) in [6.45, 7) is 0. The average Bonchev–Trinajstić information content (AvgIpc) is 1.82. The molecule has 0 aliphatic carbocycles. The highest BCUT2D eigenvalue weighted by atomic mass is 35.5. The van der Waals surface area contributed by atoms with Gasteiger partial charge >= 0.3 is 5.76 Å². The zero-order chi connectivity index (χ0) is 7.72. The van der Waals surface area contributed by atoms with Gasteiger partial charge in [-0.05, 0) is 11.6 Å². The lowest BCUT2D eigenvalue weighted by molar-refractivity contribution is 0.444. The topological polar surface area (TPSA) is 52.2 Å². The Balaban J connectivity index is 3.62. The van der Waals surface area contributed by atoms with Gasteiger partial charge in [0.25, 0.3) is 5.56 Å². The maximum absolute atomic E-state index is 10.7. The summed E-state index contributed by atoms with van der Waals surface area (Å²) in [6.07, 6.45) is 0. The van der Waals surface area contributed by atoms with Gasteiger partial charge in [-0.1, -0.05) is 0 Å². The molecule has 1 aromatic rings. The fourth-order valence-corrected chi connectivity index (χ4v) is 0.625. The van der Waals surface area contributed by atoms with Crippen molar-refractivity contribution in [1.29, 1.82) is 0 Å². The van der Waals surface area contributed by atoms with E-state index in [9.17, 15) is 9.59 Å². The van der Waals surface area contributed by atoms with Crippen LogP contribution in [0.15, 0.2) is 20.1 Å². The van der Waals surface area contributed by atoms with Gasteiger partial charge in [0.2, 0.25) is 5.22 Å². The minimum absolute atomic E-state index is 0.187. The number of halogens is 1. The Morgan fingerprint density at radius 3 is 2.70 bits per heavy atom. The van der Waals surface area contributed by atoms with Crippen LogP contribution < -0.4 is 11.3 Å². The maximum atomic E-state index is 10.7. The van der Waals surface area contributed by atoms with Crippen LogP contribution >= 0.6 is 11.6 Å². The van der Waals surface area contributed by atoms with Crippen LogP contribution in [-0.4, -0.2) is 4.57 Å². The Morgan fingerprint density at radius 1 is 1.60 bits per heavy atom. The molecule has 0 aliphatic rings. The molecule has 0 saturated heterocycles. The van der Waals surface area contributed by atoms with Gasteiger partial charge in [-0.25, -0.2) is 9.36 Å². The first-order chi connectivity index (χ1) is 4.61. The molecule has 0 amide bonds. The fraction of sp³-hybridized carbons (Fsp3) is 0.200. The minimum atomic E-state index is -0.752. The van der Waals surface area contributed by atoms with Gasteiger partial charge in [-0.3, -0.25) is 4.79 Å². The van der Waals surface area contributed by atoms with Crippen LogP contribution in [0.4, 0.5) is 0 Å². The Kier molecular flexibility index (Phi) is 1.63. The minimum Gasteiger partial charge on any atom is -0.397 e. The SMILES string of the molecule is Cn1c(=O)cc(Cl)oc1=O. The highest BCUT2D eigenvalue weighted by Gasteiger charge is 1.98. The summed E-state index contributed by atoms with van der Waals surface area (Å²) in [5, 5.41) is -0.187. The molecule has 0 spiro atoms. The molecular weight excluding hydrogens is 158 g/mol. The average molecular weight is 162 g/mol. The molecule has 0 bridgehead atoms. The first-order valence-corrected chi connectivity index (χ1v) is 2.86. The van der Waals surface area contributed by atoms with Crippen LogP contribution in [0.3, 0.4) is 0 Å². The number of rotatable bonds is 0. The lowest BCUT2D eigenvalue weighted by Crippen LogP contribution is -2.28. The van der Waals surface area contributed by atoms with Crippen LogP contribution in [-0.2, 0) is 7.05 Å². The third-order valence-corrected chi connectivity index (χ3v) is 1.21. The van der Waals surface area contributed by atoms with E-state index in [2.05, 4.69) is 4.42 Å². The predicted octanol–water partition coefficient (Wildman–Crippen LogP) is -0.00810. The molecule has 0 aliphatic heterocycles. The second-order valence-corrected chi connectivity index (χ2v) is 2.09. The molecular formula is C5H4ClNO3. The Labute approximate surface area is 60.7 Å². The van der Waals surface area contributed by atoms with Crippen LogP contribution in [0.25, 0.3) is 0 Å². The smallest absolute Gasteiger partial charge is 0.397 e. The first kappa shape index (κ1) is 7.08. The van der Waals surface area contributed by atoms with Crippen LogP contribution in [0.5, 0.6) is 0 Å². The van der Waals surface area contributed by atoms with Crippen LogP contribution in [0.2, 0.25) is 5.22 Å². The summed E-state index contributed by atoms with van der Waals surface area (Å²) in [5.74, 6) is -0.752. The van der Waals surface area contributed by atoms with E-state index in [-0.39, 0.29) is 5.22 Å². The first-order valence-electron chi connectivity index (χ1n) is 2.48. The van der Waals surface area contributed by atoms with Crippen molar-refractivity contribution in [2.45, 2.75) is 0 Å². The van der Waals surface area contributed by atoms with E-state index < -0.39 is 11.3 Å². The van der Waals surface area contributed by atoms with Gasteiger partial charge in [0.05, 0.1) is 6.07 Å². The molecule has 5 heteroatoms. The third-order valence-electron chi connectivity index (χ3n) is 1.03. The lowest BCUT2D eigenvalue weighted by atomic mass is 10.7. The summed E-state index contributed by atoms with van der Waals surface area (Å²) in [7, 11) is 1.31. The number of aromatic nitrogens is 1. The Bertz CT molecular complexity index is 319. The van der Waals surface area contributed by atoms with E-state index in [1.165, 1.54) is 7.05 Å². The molecule has 4 nitrogen and oxygen atoms in total. The van der Waals surface area contributed by atoms with Crippen molar-refractivity contribution in [3.8, 4) is 0 Å². The van der Waals surface area contributed by atoms with E-state index in [1.807, 2.05) is 0 Å². The summed E-state index contributed by atoms with van der Waals surface area (Å²) in [4.78, 5) is 21.3. The summed E-state index contributed by atoms with van der Waals surface area (Å²) >= 11 is 5.24. The summed E-state index contributed by atoms with van der Waals surface area (Å²) < 4.78 is 5.19. The van der Waals surface area contributed by atoms with Crippen molar-refractivity contribution < 1.29 is 4.42 Å². The largest absolute Gasteiger partial charge is 0.422 e. The molecule has 0 radical (unpaired) electrons. The van der Waals surface area contributed by atoms with E-state index in [4.69, 9.17) is 11.6 Å². The van der Waals surface area contributed by atoms with Gasteiger partial charge in [-0.2, -0.15) is 0 Å². The molecule has 10 heavy (non-hydrogen) atoms. The highest BCUT2D eigenvalue weighted by Crippen LogP contribution is 1.97. The van der Waals surface area contributed by atoms with E-state index in [0.717, 1.165) is 10.6 Å². The monoisotopic (exact) mass is 161 g/mol. The molecule has 1 heterocycles. The summed E-state index contributed by atoms with van der Waals surface area (Å²) in [5.41, 5.74) is -0.471. The highest BCUT2D eigenvalue weighted by molar-refractivity contribution is 6.28. The van der Waals surface area contributed by atoms with E-state index >= 15 is 0 Å². The molecule has 0 saturated carbocycles. The zero-order valence-corrected chi connectivity index (χ0v) is 5.88. The Morgan fingerprint density at radius 2 is 2.20 bits per heavy atom. The standard InChI is InChI=1S/C5H4ClNO3/c1-7-4(8)2-3(6)10-5(7)9/h2H,1H3. The van der Waals surface area contributed by atoms with Crippen molar-refractivity contribution in [1.82, 2.24) is 4.57 Å². The second-order valence-electron chi connectivity index (χ2n) is 1.71. The number of hydrogen-bond acceptors (Lipinski definition) is 3. The molecule has 1 aromatic heterocycles. The number of hydrogen-bond donors (Lipinski definition) is 0. The molecule has 0 atom stereocenters. The molecule has 0 aromatic carbocycles. The molecule has 0 fully saturated rings. The normalized spacial score (nSPS) is 9.80. The van der Waals surface area contributed by atoms with Crippen molar-refractivity contribution >= 4 is 11.6 Å². The third kappa shape index (κ3) is 1.11. The molecule has 0 unspecified atom stereocenters. The predicted molar refractivity (Wildman–Crippen MR) is 35.2 cm³/mol. The van der Waals surface area contributed by atoms with Gasteiger partial charge in [-0.15, -0.1) is 0 Å². The van der Waals surface area contributed by atoms with Crippen LogP contribution in [0.1, 0.15) is 0 Å². The van der Waals surface area contributed by atoms with Gasteiger partial charge in [0.1, 0.15) is 0 Å². The van der Waals surface area contributed by atoms with Crippen molar-refractivity contribution in [2.24, 2.45) is 7.05 Å². The van der Waals surface area contributed by atoms with Crippen molar-refractivity contribution in [3.05, 3.63) is 32.2 Å². The van der Waals surface area contributed by atoms with Crippen LogP contribution in [0, 0.1) is 0 Å². The summed E-state index contributed by atoms with van der Waals surface area (Å²) in [6, 6.07) is 1.03. The molecule has 0 N–H and O–H groups in total. The van der Waals surface area contributed by atoms with E-state index in [0.29, 0.717) is 0 Å². The fourth-order valence-electron chi connectivity index (χ4n) is 0.465. The van der Waals surface area contributed by atoms with E-state index in [1.54, 1.807) is 0 Å². The number of nitrogens with zero attached hydrogens (tertiary/aromatic N) is 1. The zero-order valence-electron chi connectivity index (χ0n) is 5.13. The second kappa shape index (κ2) is 2.30. The molecule has 1 rings (SSSR count). The molecule has 54 valence electrons. The van der Waals surface area contributed by atoms with Crippen molar-refractivity contribution in [2.75, 3.05) is 0 Å². The van der Waals surface area contributed by atoms with Gasteiger partial charge in [0.15, 0.2) is 0 Å². The quantitative estimate of drug-likeness (QED) is 0.538. The maximum Gasteiger partial charge on any atom is 0.422 e. The lowest BCUT2D eigenvalue weighted by Gasteiger charge is -1.90.